The normalized spacial score (nSPS) is 12.5. The van der Waals surface area contributed by atoms with Crippen molar-refractivity contribution < 1.29 is 43.2 Å². The van der Waals surface area contributed by atoms with Gasteiger partial charge in [-0.25, -0.2) is 0 Å². The molecule has 0 unspecified atom stereocenters. The smallest absolute Gasteiger partial charge is 0.409 e. The maximum absolute atomic E-state index is 13.8. The van der Waals surface area contributed by atoms with Crippen molar-refractivity contribution in [2.24, 2.45) is 10.8 Å². The molecular formula is C33H35F3IrNO2-. The molecule has 1 N–H and O–H groups in total. The molecule has 0 amide bonds. The number of allylic oxidation sites excluding steroid dienone is 2. The van der Waals surface area contributed by atoms with Gasteiger partial charge in [-0.05, 0) is 22.9 Å². The third-order valence-corrected chi connectivity index (χ3v) is 6.21. The number of hydrogen-bond acceptors (Lipinski definition) is 3. The molecule has 0 saturated heterocycles. The van der Waals surface area contributed by atoms with E-state index in [9.17, 15) is 23.1 Å². The quantitative estimate of drug-likeness (QED) is 0.0970. The largest absolute Gasteiger partial charge is 0.512 e. The number of aliphatic hydroxyl groups is 1. The molecule has 0 aliphatic carbocycles. The summed E-state index contributed by atoms with van der Waals surface area (Å²) in [6, 6.07) is 18.8. The zero-order valence-corrected chi connectivity index (χ0v) is 26.4. The first-order valence-electron chi connectivity index (χ1n) is 12.7. The summed E-state index contributed by atoms with van der Waals surface area (Å²) in [7, 11) is 0. The summed E-state index contributed by atoms with van der Waals surface area (Å²) < 4.78 is 41.4. The van der Waals surface area contributed by atoms with E-state index >= 15 is 0 Å². The first kappa shape index (κ1) is 33.2. The van der Waals surface area contributed by atoms with Gasteiger partial charge in [-0.2, -0.15) is 13.2 Å². The Hall–Kier alpha value is -3.02. The van der Waals surface area contributed by atoms with Gasteiger partial charge in [-0.15, -0.1) is 34.9 Å². The van der Waals surface area contributed by atoms with E-state index in [-0.39, 0.29) is 42.8 Å². The van der Waals surface area contributed by atoms with Crippen LogP contribution in [0.4, 0.5) is 13.2 Å². The third-order valence-electron chi connectivity index (χ3n) is 6.21. The second kappa shape index (κ2) is 12.2. The molecule has 3 aromatic carbocycles. The predicted molar refractivity (Wildman–Crippen MR) is 153 cm³/mol. The molecule has 1 heterocycles. The predicted octanol–water partition coefficient (Wildman–Crippen LogP) is 9.58. The molecule has 7 heteroatoms. The Morgan fingerprint density at radius 3 is 2.05 bits per heavy atom. The molecule has 0 saturated carbocycles. The van der Waals surface area contributed by atoms with Crippen LogP contribution in [0.1, 0.15) is 58.2 Å². The zero-order valence-electron chi connectivity index (χ0n) is 24.0. The van der Waals surface area contributed by atoms with E-state index in [2.05, 4.69) is 11.1 Å². The standard InChI is InChI=1S/C22H15F3N.C11H20O2.Ir/c1-13-9-14(2)11-16(10-13)21-19(22(23,24)25)12-18-17-6-4-3-5-15(17)7-8-20(18)26-21;1-10(2,3)8(12)7-9(13)11(4,5)6;/h3-10,12H,1-2H3;7,12H,1-6H3;/q-1;;/b;8-7-;. The number of alkyl halides is 3. The number of pyridine rings is 1. The van der Waals surface area contributed by atoms with Crippen LogP contribution < -0.4 is 0 Å². The van der Waals surface area contributed by atoms with Gasteiger partial charge in [0.15, 0.2) is 5.78 Å². The second-order valence-electron chi connectivity index (χ2n) is 11.9. The number of nitrogens with zero attached hydrogens (tertiary/aromatic N) is 1. The maximum atomic E-state index is 13.8. The van der Waals surface area contributed by atoms with E-state index in [1.165, 1.54) is 12.1 Å². The fourth-order valence-corrected chi connectivity index (χ4v) is 3.93. The van der Waals surface area contributed by atoms with Gasteiger partial charge in [0, 0.05) is 53.7 Å². The number of aryl methyl sites for hydroxylation is 2. The summed E-state index contributed by atoms with van der Waals surface area (Å²) in [5.41, 5.74) is 0.997. The van der Waals surface area contributed by atoms with Crippen LogP contribution in [0.25, 0.3) is 32.9 Å². The molecule has 1 aromatic heterocycles. The number of fused-ring (bicyclic) bond motifs is 3. The number of carbonyl (C=O) groups is 1. The van der Waals surface area contributed by atoms with Crippen LogP contribution in [-0.4, -0.2) is 15.9 Å². The van der Waals surface area contributed by atoms with Crippen LogP contribution in [0.5, 0.6) is 0 Å². The number of benzene rings is 3. The summed E-state index contributed by atoms with van der Waals surface area (Å²) in [4.78, 5) is 15.9. The number of rotatable bonds is 2. The van der Waals surface area contributed by atoms with Gasteiger partial charge in [0.1, 0.15) is 5.76 Å². The maximum Gasteiger partial charge on any atom is 0.409 e. The van der Waals surface area contributed by atoms with Gasteiger partial charge in [0.2, 0.25) is 0 Å². The molecule has 4 aromatic rings. The minimum atomic E-state index is -4.50. The Kier molecular flexibility index (Phi) is 10.2. The fourth-order valence-electron chi connectivity index (χ4n) is 3.93. The molecule has 4 rings (SSSR count). The van der Waals surface area contributed by atoms with Crippen molar-refractivity contribution in [3.63, 3.8) is 0 Å². The van der Waals surface area contributed by atoms with E-state index in [0.29, 0.717) is 16.5 Å². The average Bonchev–Trinajstić information content (AvgIpc) is 2.81. The molecule has 3 nitrogen and oxygen atoms in total. The Morgan fingerprint density at radius 1 is 0.875 bits per heavy atom. The van der Waals surface area contributed by atoms with Gasteiger partial charge >= 0.3 is 6.18 Å². The van der Waals surface area contributed by atoms with Crippen molar-refractivity contribution in [3.05, 3.63) is 89.2 Å². The van der Waals surface area contributed by atoms with Gasteiger partial charge in [0.05, 0.1) is 5.52 Å². The van der Waals surface area contributed by atoms with Crippen LogP contribution in [0.2, 0.25) is 0 Å². The zero-order chi connectivity index (χ0) is 29.3. The van der Waals surface area contributed by atoms with Crippen LogP contribution in [0.15, 0.2) is 66.4 Å². The molecule has 0 aliphatic rings. The van der Waals surface area contributed by atoms with Crippen molar-refractivity contribution in [2.75, 3.05) is 0 Å². The molecule has 1 radical (unpaired) electrons. The molecule has 0 atom stereocenters. The topological polar surface area (TPSA) is 50.2 Å². The summed E-state index contributed by atoms with van der Waals surface area (Å²) in [5.74, 6) is 0.104. The van der Waals surface area contributed by atoms with Crippen molar-refractivity contribution >= 4 is 27.5 Å². The van der Waals surface area contributed by atoms with Gasteiger partial charge in [-0.1, -0.05) is 85.7 Å². The number of carbonyl (C=O) groups excluding carboxylic acids is 1. The van der Waals surface area contributed by atoms with Crippen LogP contribution >= 0.6 is 0 Å². The number of hydrogen-bond donors (Lipinski definition) is 1. The first-order chi connectivity index (χ1) is 17.9. The van der Waals surface area contributed by atoms with Crippen LogP contribution in [-0.2, 0) is 31.1 Å². The molecule has 0 aliphatic heterocycles. The number of aromatic nitrogens is 1. The van der Waals surface area contributed by atoms with Crippen LogP contribution in [0, 0.1) is 30.7 Å². The Labute approximate surface area is 247 Å². The Morgan fingerprint density at radius 2 is 1.50 bits per heavy atom. The van der Waals surface area contributed by atoms with Gasteiger partial charge in [0.25, 0.3) is 0 Å². The average molecular weight is 727 g/mol. The number of ketones is 1. The molecule has 0 fully saturated rings. The first-order valence-corrected chi connectivity index (χ1v) is 12.7. The van der Waals surface area contributed by atoms with Gasteiger partial charge < -0.3 is 5.11 Å². The number of aliphatic hydroxyl groups excluding tert-OH is 1. The van der Waals surface area contributed by atoms with E-state index in [4.69, 9.17) is 0 Å². The molecular weight excluding hydrogens is 692 g/mol. The monoisotopic (exact) mass is 727 g/mol. The summed E-state index contributed by atoms with van der Waals surface area (Å²) in [5, 5.41) is 11.7. The van der Waals surface area contributed by atoms with Crippen LogP contribution in [0.3, 0.4) is 0 Å². The summed E-state index contributed by atoms with van der Waals surface area (Å²) in [6.07, 6.45) is -3.17. The van der Waals surface area contributed by atoms with E-state index in [1.54, 1.807) is 12.1 Å². The van der Waals surface area contributed by atoms with Gasteiger partial charge in [-0.3, -0.25) is 9.78 Å². The molecule has 0 bridgehead atoms. The van der Waals surface area contributed by atoms with Crippen molar-refractivity contribution in [1.82, 2.24) is 4.98 Å². The van der Waals surface area contributed by atoms with E-state index < -0.39 is 17.2 Å². The number of halogens is 3. The van der Waals surface area contributed by atoms with E-state index in [0.717, 1.165) is 21.9 Å². The van der Waals surface area contributed by atoms with Crippen molar-refractivity contribution in [1.29, 1.82) is 0 Å². The van der Waals surface area contributed by atoms with Crippen molar-refractivity contribution in [2.45, 2.75) is 61.6 Å². The SMILES string of the molecule is CC(C)(C)C(=O)/C=C(\O)C(C)(C)C.Cc1[c-]c(-c2nc3ccc4ccccc4c3cc2C(F)(F)F)cc(C)c1.[Ir]. The van der Waals surface area contributed by atoms with Crippen molar-refractivity contribution in [3.8, 4) is 11.3 Å². The second-order valence-corrected chi connectivity index (χ2v) is 11.9. The summed E-state index contributed by atoms with van der Waals surface area (Å²) in [6.45, 7) is 14.8. The Balaban J connectivity index is 0.000000344. The minimum absolute atomic E-state index is 0. The Bertz CT molecular complexity index is 1540. The van der Waals surface area contributed by atoms with E-state index in [1.807, 2.05) is 91.8 Å². The molecule has 215 valence electrons. The third kappa shape index (κ3) is 8.02. The minimum Gasteiger partial charge on any atom is -0.512 e. The summed E-state index contributed by atoms with van der Waals surface area (Å²) >= 11 is 0. The molecule has 40 heavy (non-hydrogen) atoms. The molecule has 0 spiro atoms. The fraction of sp³-hybridized carbons (Fsp3) is 0.333.